The molecule has 4 aromatic rings. The van der Waals surface area contributed by atoms with Crippen molar-refractivity contribution in [2.75, 3.05) is 19.5 Å². The number of carbonyl (C=O) groups is 1. The summed E-state index contributed by atoms with van der Waals surface area (Å²) in [6, 6.07) is 21.5. The number of hydrogen-bond donors (Lipinski definition) is 1. The van der Waals surface area contributed by atoms with Crippen molar-refractivity contribution < 1.29 is 14.3 Å². The molecule has 0 radical (unpaired) electrons. The minimum atomic E-state index is -0.306. The molecule has 6 nitrogen and oxygen atoms in total. The first-order valence-electron chi connectivity index (χ1n) is 10.3. The molecule has 162 valence electrons. The van der Waals surface area contributed by atoms with Crippen LogP contribution in [-0.2, 0) is 6.54 Å². The topological polar surface area (TPSA) is 69.6 Å². The summed E-state index contributed by atoms with van der Waals surface area (Å²) in [5.41, 5.74) is 2.24. The van der Waals surface area contributed by atoms with Crippen LogP contribution in [0.2, 0.25) is 0 Å². The fraction of sp³-hybridized carbons (Fsp3) is 0.154. The van der Waals surface area contributed by atoms with Crippen LogP contribution in [0.25, 0.3) is 22.0 Å². The second kappa shape index (κ2) is 8.98. The summed E-state index contributed by atoms with van der Waals surface area (Å²) in [5, 5.41) is 3.60. The number of amides is 1. The third kappa shape index (κ3) is 3.83. The van der Waals surface area contributed by atoms with Crippen molar-refractivity contribution in [3.05, 3.63) is 88.6 Å². The van der Waals surface area contributed by atoms with Crippen molar-refractivity contribution >= 4 is 22.6 Å². The summed E-state index contributed by atoms with van der Waals surface area (Å²) < 4.78 is 12.4. The minimum Gasteiger partial charge on any atom is -0.497 e. The molecule has 1 amide bonds. The Labute approximate surface area is 186 Å². The van der Waals surface area contributed by atoms with Gasteiger partial charge in [-0.15, -0.1) is 0 Å². The Morgan fingerprint density at radius 2 is 1.47 bits per heavy atom. The third-order valence-electron chi connectivity index (χ3n) is 5.45. The van der Waals surface area contributed by atoms with E-state index in [4.69, 9.17) is 9.47 Å². The highest BCUT2D eigenvalue weighted by molar-refractivity contribution is 6.07. The van der Waals surface area contributed by atoms with Gasteiger partial charge >= 0.3 is 0 Å². The minimum absolute atomic E-state index is 0.138. The summed E-state index contributed by atoms with van der Waals surface area (Å²) in [7, 11) is 3.17. The van der Waals surface area contributed by atoms with Crippen LogP contribution >= 0.6 is 0 Å². The fourth-order valence-corrected chi connectivity index (χ4v) is 3.80. The van der Waals surface area contributed by atoms with Crippen molar-refractivity contribution in [3.8, 4) is 22.6 Å². The number of ether oxygens (including phenoxy) is 2. The van der Waals surface area contributed by atoms with Gasteiger partial charge in [0.1, 0.15) is 17.3 Å². The van der Waals surface area contributed by atoms with Gasteiger partial charge in [-0.3, -0.25) is 9.59 Å². The molecule has 1 N–H and O–H groups in total. The largest absolute Gasteiger partial charge is 0.497 e. The van der Waals surface area contributed by atoms with E-state index in [1.54, 1.807) is 50.6 Å². The van der Waals surface area contributed by atoms with Crippen LogP contribution in [0.3, 0.4) is 0 Å². The lowest BCUT2D eigenvalue weighted by atomic mass is 10.0. The monoisotopic (exact) mass is 428 g/mol. The lowest BCUT2D eigenvalue weighted by Crippen LogP contribution is -2.22. The molecular weight excluding hydrogens is 404 g/mol. The number of rotatable bonds is 6. The van der Waals surface area contributed by atoms with Gasteiger partial charge in [-0.2, -0.15) is 0 Å². The molecule has 3 aromatic carbocycles. The second-order valence-corrected chi connectivity index (χ2v) is 7.23. The lowest BCUT2D eigenvalue weighted by molar-refractivity contribution is 0.102. The molecule has 0 aliphatic rings. The van der Waals surface area contributed by atoms with E-state index < -0.39 is 0 Å². The van der Waals surface area contributed by atoms with E-state index in [0.29, 0.717) is 45.9 Å². The van der Waals surface area contributed by atoms with Crippen LogP contribution in [0, 0.1) is 0 Å². The maximum atomic E-state index is 13.6. The predicted molar refractivity (Wildman–Crippen MR) is 127 cm³/mol. The van der Waals surface area contributed by atoms with E-state index in [2.05, 4.69) is 5.32 Å². The van der Waals surface area contributed by atoms with Gasteiger partial charge in [-0.1, -0.05) is 24.3 Å². The maximum Gasteiger partial charge on any atom is 0.256 e. The van der Waals surface area contributed by atoms with Crippen LogP contribution in [0.15, 0.2) is 77.6 Å². The number of nitrogens with one attached hydrogen (secondary N) is 1. The maximum absolute atomic E-state index is 13.6. The molecule has 0 spiro atoms. The number of hydrogen-bond acceptors (Lipinski definition) is 4. The van der Waals surface area contributed by atoms with Gasteiger partial charge in [0.2, 0.25) is 0 Å². The Bertz CT molecular complexity index is 1320. The highest BCUT2D eigenvalue weighted by atomic mass is 16.5. The Morgan fingerprint density at radius 1 is 0.875 bits per heavy atom. The van der Waals surface area contributed by atoms with Crippen molar-refractivity contribution in [2.45, 2.75) is 13.5 Å². The molecule has 6 heteroatoms. The molecule has 0 saturated carbocycles. The number of para-hydroxylation sites is 1. The first-order chi connectivity index (χ1) is 15.6. The van der Waals surface area contributed by atoms with Crippen LogP contribution in [0.4, 0.5) is 5.82 Å². The molecule has 0 unspecified atom stereocenters. The van der Waals surface area contributed by atoms with Crippen LogP contribution < -0.4 is 20.2 Å². The molecule has 32 heavy (non-hydrogen) atoms. The van der Waals surface area contributed by atoms with Crippen molar-refractivity contribution in [2.24, 2.45) is 0 Å². The summed E-state index contributed by atoms with van der Waals surface area (Å²) in [4.78, 5) is 26.7. The molecule has 0 aliphatic carbocycles. The van der Waals surface area contributed by atoms with E-state index in [1.807, 2.05) is 47.9 Å². The van der Waals surface area contributed by atoms with E-state index in [9.17, 15) is 9.59 Å². The van der Waals surface area contributed by atoms with Crippen LogP contribution in [0.1, 0.15) is 17.3 Å². The molecule has 0 aliphatic heterocycles. The fourth-order valence-electron chi connectivity index (χ4n) is 3.80. The first kappa shape index (κ1) is 21.2. The van der Waals surface area contributed by atoms with Gasteiger partial charge < -0.3 is 19.4 Å². The molecule has 0 bridgehead atoms. The van der Waals surface area contributed by atoms with E-state index in [1.165, 1.54) is 0 Å². The number of anilines is 1. The summed E-state index contributed by atoms with van der Waals surface area (Å²) in [6.07, 6.45) is 0. The van der Waals surface area contributed by atoms with Crippen LogP contribution in [-0.4, -0.2) is 24.7 Å². The number of carbonyl (C=O) groups excluding carboxylic acids is 1. The summed E-state index contributed by atoms with van der Waals surface area (Å²) in [6.45, 7) is 2.56. The second-order valence-electron chi connectivity index (χ2n) is 7.23. The Kier molecular flexibility index (Phi) is 5.94. The Hall–Kier alpha value is -4.06. The molecule has 1 aromatic heterocycles. The van der Waals surface area contributed by atoms with Gasteiger partial charge in [-0.25, -0.2) is 0 Å². The van der Waals surface area contributed by atoms with Gasteiger partial charge in [0, 0.05) is 17.5 Å². The van der Waals surface area contributed by atoms with Gasteiger partial charge in [0.15, 0.2) is 5.43 Å². The Morgan fingerprint density at radius 3 is 2.06 bits per heavy atom. The number of benzene rings is 3. The molecule has 0 atom stereocenters. The van der Waals surface area contributed by atoms with Gasteiger partial charge in [-0.05, 0) is 61.0 Å². The average Bonchev–Trinajstić information content (AvgIpc) is 2.85. The normalized spacial score (nSPS) is 10.7. The smallest absolute Gasteiger partial charge is 0.256 e. The highest BCUT2D eigenvalue weighted by Gasteiger charge is 2.20. The number of aryl methyl sites for hydroxylation is 1. The molecule has 1 heterocycles. The third-order valence-corrected chi connectivity index (χ3v) is 5.45. The van der Waals surface area contributed by atoms with E-state index in [0.717, 1.165) is 5.52 Å². The number of nitrogens with zero attached hydrogens (tertiary/aromatic N) is 1. The number of aromatic nitrogens is 1. The van der Waals surface area contributed by atoms with Crippen molar-refractivity contribution in [1.29, 1.82) is 0 Å². The zero-order valence-corrected chi connectivity index (χ0v) is 18.2. The molecule has 0 saturated heterocycles. The van der Waals surface area contributed by atoms with E-state index >= 15 is 0 Å². The van der Waals surface area contributed by atoms with Crippen molar-refractivity contribution in [3.63, 3.8) is 0 Å². The molecule has 4 rings (SSSR count). The zero-order valence-electron chi connectivity index (χ0n) is 18.2. The van der Waals surface area contributed by atoms with Gasteiger partial charge in [0.25, 0.3) is 5.91 Å². The Balaban J connectivity index is 1.91. The summed E-state index contributed by atoms with van der Waals surface area (Å²) >= 11 is 0. The summed E-state index contributed by atoms with van der Waals surface area (Å²) in [5.74, 6) is 1.51. The van der Waals surface area contributed by atoms with Gasteiger partial charge in [0.05, 0.1) is 25.3 Å². The quantitative estimate of drug-likeness (QED) is 0.471. The van der Waals surface area contributed by atoms with Crippen LogP contribution in [0.5, 0.6) is 11.5 Å². The average molecular weight is 428 g/mol. The highest BCUT2D eigenvalue weighted by Crippen LogP contribution is 2.30. The zero-order chi connectivity index (χ0) is 22.7. The van der Waals surface area contributed by atoms with Crippen molar-refractivity contribution in [1.82, 2.24) is 4.57 Å². The molecular formula is C26H24N2O4. The first-order valence-corrected chi connectivity index (χ1v) is 10.3. The number of methoxy groups -OCH3 is 2. The standard InChI is InChI=1S/C26H24N2O4/c1-4-28-22-8-6-5-7-21(22)24(29)23(17-9-13-19(31-2)14-10-17)25(28)27-26(30)18-11-15-20(32-3)16-12-18/h5-16H,4H2,1-3H3,(H,27,30). The number of fused-ring (bicyclic) bond motifs is 1. The van der Waals surface area contributed by atoms with E-state index in [-0.39, 0.29) is 11.3 Å². The predicted octanol–water partition coefficient (Wildman–Crippen LogP) is 4.96. The lowest BCUT2D eigenvalue weighted by Gasteiger charge is -2.20. The number of pyridine rings is 1. The molecule has 0 fully saturated rings. The SMILES string of the molecule is CCn1c(NC(=O)c2ccc(OC)cc2)c(-c2ccc(OC)cc2)c(=O)c2ccccc21.